The van der Waals surface area contributed by atoms with Crippen molar-refractivity contribution in [1.82, 2.24) is 26.6 Å². The standard InChI is InChI=1S/C61H73N9O13/c1-5-38(3)52(57(74)64-30-50(62)71)67-51(72)31-65-56(73)48(66-58(75)53(39(4)6-2)68-60(76)82-35-47-45-28-18-16-26-43(45)44-27-17-19-29-46(44)47)36-81-59-61(77,69-70-63)55(80-34-42-24-14-9-15-25-42)54(79-33-41-22-12-8-13-23-41)49(83-59)37-78-32-40-20-10-7-11-21-40/h7-29,38-39,47-49,52-55,59,77H,5-6,30-37H2,1-4H3,(H2,62,71)(H,64,74)(H,65,73)(H,66,75)(H,67,72)(H,68,76)/t38-,39-,48-,49+,52-,53-,54-,55-,59-,61+/m0/s1. The number of hydrogen-bond donors (Lipinski definition) is 7. The van der Waals surface area contributed by atoms with E-state index in [1.807, 2.05) is 115 Å². The second kappa shape index (κ2) is 30.7. The summed E-state index contributed by atoms with van der Waals surface area (Å²) < 4.78 is 37.9. The number of fused-ring (bicyclic) bond motifs is 3. The van der Waals surface area contributed by atoms with Crippen LogP contribution in [0.1, 0.15) is 74.3 Å². The zero-order valence-electron chi connectivity index (χ0n) is 46.9. The summed E-state index contributed by atoms with van der Waals surface area (Å²) in [5.74, 6) is -5.41. The van der Waals surface area contributed by atoms with Gasteiger partial charge in [-0.15, -0.1) is 0 Å². The molecule has 1 aliphatic carbocycles. The topological polar surface area (TPSA) is 313 Å². The van der Waals surface area contributed by atoms with Gasteiger partial charge in [-0.25, -0.2) is 4.79 Å². The summed E-state index contributed by atoms with van der Waals surface area (Å²) in [7, 11) is 0. The quantitative estimate of drug-likeness (QED) is 0.0163. The number of carbonyl (C=O) groups excluding carboxylic acids is 6. The van der Waals surface area contributed by atoms with Crippen LogP contribution in [0.2, 0.25) is 0 Å². The molecule has 5 aromatic carbocycles. The Labute approximate surface area is 482 Å². The fourth-order valence-corrected chi connectivity index (χ4v) is 9.78. The third-order valence-electron chi connectivity index (χ3n) is 14.7. The number of carbonyl (C=O) groups is 6. The van der Waals surface area contributed by atoms with Crippen molar-refractivity contribution >= 4 is 35.6 Å². The summed E-state index contributed by atoms with van der Waals surface area (Å²) in [5, 5.41) is 29.4. The lowest BCUT2D eigenvalue weighted by atomic mass is 9.93. The minimum Gasteiger partial charge on any atom is -0.449 e. The molecule has 1 aliphatic heterocycles. The largest absolute Gasteiger partial charge is 0.449 e. The summed E-state index contributed by atoms with van der Waals surface area (Å²) in [6.45, 7) is 4.77. The first kappa shape index (κ1) is 62.4. The monoisotopic (exact) mass is 1140 g/mol. The first-order valence-corrected chi connectivity index (χ1v) is 27.7. The van der Waals surface area contributed by atoms with E-state index < -0.39 is 116 Å². The molecule has 0 bridgehead atoms. The van der Waals surface area contributed by atoms with Gasteiger partial charge in [0.15, 0.2) is 6.29 Å². The molecule has 0 aromatic heterocycles. The Morgan fingerprint density at radius 1 is 0.651 bits per heavy atom. The van der Waals surface area contributed by atoms with Crippen LogP contribution < -0.4 is 32.3 Å². The second-order valence-corrected chi connectivity index (χ2v) is 20.5. The molecule has 2 aliphatic rings. The van der Waals surface area contributed by atoms with Crippen molar-refractivity contribution in [2.75, 3.05) is 32.9 Å². The van der Waals surface area contributed by atoms with Crippen LogP contribution in [-0.4, -0.2) is 122 Å². The number of rotatable bonds is 30. The summed E-state index contributed by atoms with van der Waals surface area (Å²) in [5.41, 5.74) is 18.9. The highest BCUT2D eigenvalue weighted by Gasteiger charge is 2.58. The van der Waals surface area contributed by atoms with Crippen molar-refractivity contribution in [3.63, 3.8) is 0 Å². The predicted octanol–water partition coefficient (Wildman–Crippen LogP) is 5.80. The number of ether oxygens (including phenoxy) is 6. The van der Waals surface area contributed by atoms with Crippen molar-refractivity contribution in [1.29, 1.82) is 0 Å². The molecule has 8 N–H and O–H groups in total. The van der Waals surface area contributed by atoms with E-state index in [-0.39, 0.29) is 39.0 Å². The smallest absolute Gasteiger partial charge is 0.407 e. The molecular weight excluding hydrogens is 1070 g/mol. The van der Waals surface area contributed by atoms with Gasteiger partial charge in [0.05, 0.1) is 46.1 Å². The Bertz CT molecular complexity index is 2960. The highest BCUT2D eigenvalue weighted by Crippen LogP contribution is 2.44. The highest BCUT2D eigenvalue weighted by atomic mass is 16.7. The van der Waals surface area contributed by atoms with E-state index in [0.717, 1.165) is 33.4 Å². The molecule has 83 heavy (non-hydrogen) atoms. The van der Waals surface area contributed by atoms with E-state index >= 15 is 0 Å². The molecular formula is C61H73N9O13. The maximum Gasteiger partial charge on any atom is 0.407 e. The molecule has 0 radical (unpaired) electrons. The lowest BCUT2D eigenvalue weighted by Crippen LogP contribution is -2.68. The summed E-state index contributed by atoms with van der Waals surface area (Å²) >= 11 is 0. The number of aliphatic hydroxyl groups is 1. The van der Waals surface area contributed by atoms with Crippen LogP contribution in [0.15, 0.2) is 145 Å². The number of azide groups is 1. The number of hydrogen-bond acceptors (Lipinski definition) is 14. The molecule has 1 fully saturated rings. The number of benzene rings is 5. The molecule has 0 saturated carbocycles. The van der Waals surface area contributed by atoms with Crippen LogP contribution in [0.4, 0.5) is 4.79 Å². The maximum absolute atomic E-state index is 14.7. The van der Waals surface area contributed by atoms with Gasteiger partial charge in [-0.05, 0) is 56.3 Å². The Morgan fingerprint density at radius 2 is 1.17 bits per heavy atom. The van der Waals surface area contributed by atoms with Gasteiger partial charge in [0.1, 0.15) is 43.0 Å². The Balaban J connectivity index is 1.16. The van der Waals surface area contributed by atoms with E-state index in [1.165, 1.54) is 0 Å². The normalized spacial score (nSPS) is 19.9. The third-order valence-corrected chi connectivity index (χ3v) is 14.7. The molecule has 10 atom stereocenters. The van der Waals surface area contributed by atoms with Crippen LogP contribution in [0, 0.1) is 11.8 Å². The van der Waals surface area contributed by atoms with Crippen LogP contribution in [0.5, 0.6) is 0 Å². The van der Waals surface area contributed by atoms with E-state index in [1.54, 1.807) is 52.0 Å². The molecule has 22 nitrogen and oxygen atoms in total. The van der Waals surface area contributed by atoms with E-state index in [4.69, 9.17) is 34.2 Å². The minimum absolute atomic E-state index is 0.00739. The van der Waals surface area contributed by atoms with Crippen molar-refractivity contribution in [3.05, 3.63) is 178 Å². The SMILES string of the molecule is CC[C@H](C)[C@H](NC(=O)CNC(=O)[C@H](CO[C@H]1O[C@H](COCc2ccccc2)[C@H](OCc2ccccc2)[C@H](OCc2ccccc2)[C@]1(O)N=[N+]=[N-])NC(=O)[C@@H](NC(=O)OCC1c2ccccc2-c2ccccc21)[C@@H](C)CC)C(=O)NCC(N)=O. The van der Waals surface area contributed by atoms with E-state index in [2.05, 4.69) is 36.6 Å². The van der Waals surface area contributed by atoms with Crippen LogP contribution in [-0.2, 0) is 72.2 Å². The number of primary amides is 1. The first-order chi connectivity index (χ1) is 40.1. The summed E-state index contributed by atoms with van der Waals surface area (Å²) in [4.78, 5) is 84.1. The van der Waals surface area contributed by atoms with Gasteiger partial charge in [0.25, 0.3) is 0 Å². The number of nitrogens with zero attached hydrogens (tertiary/aromatic N) is 3. The second-order valence-electron chi connectivity index (χ2n) is 20.5. The van der Waals surface area contributed by atoms with Gasteiger partial charge < -0.3 is 65.8 Å². The Hall–Kier alpha value is -8.21. The number of amides is 6. The zero-order chi connectivity index (χ0) is 59.3. The zero-order valence-corrected chi connectivity index (χ0v) is 46.9. The highest BCUT2D eigenvalue weighted by molar-refractivity contribution is 5.94. The molecule has 0 unspecified atom stereocenters. The molecule has 7 rings (SSSR count). The van der Waals surface area contributed by atoms with Gasteiger partial charge in [0.2, 0.25) is 35.3 Å². The molecule has 1 heterocycles. The first-order valence-electron chi connectivity index (χ1n) is 27.7. The lowest BCUT2D eigenvalue weighted by molar-refractivity contribution is -0.355. The van der Waals surface area contributed by atoms with Gasteiger partial charge in [-0.1, -0.05) is 185 Å². The van der Waals surface area contributed by atoms with E-state index in [9.17, 15) is 39.4 Å². The Morgan fingerprint density at radius 3 is 1.72 bits per heavy atom. The van der Waals surface area contributed by atoms with Crippen molar-refractivity contribution in [3.8, 4) is 11.1 Å². The molecule has 1 saturated heterocycles. The van der Waals surface area contributed by atoms with Crippen LogP contribution in [0.3, 0.4) is 0 Å². The minimum atomic E-state index is -2.75. The number of nitrogens with two attached hydrogens (primary N) is 1. The van der Waals surface area contributed by atoms with Crippen molar-refractivity contribution in [2.24, 2.45) is 22.7 Å². The molecule has 0 spiro atoms. The molecule has 22 heteroatoms. The Kier molecular flexibility index (Phi) is 23.1. The van der Waals surface area contributed by atoms with Gasteiger partial charge >= 0.3 is 6.09 Å². The molecule has 5 aromatic rings. The molecule has 440 valence electrons. The third kappa shape index (κ3) is 16.9. The fourth-order valence-electron chi connectivity index (χ4n) is 9.78. The summed E-state index contributed by atoms with van der Waals surface area (Å²) in [6.07, 6.45) is -5.93. The summed E-state index contributed by atoms with van der Waals surface area (Å²) in [6, 6.07) is 39.0. The maximum atomic E-state index is 14.7. The average molecular weight is 1140 g/mol. The lowest BCUT2D eigenvalue weighted by Gasteiger charge is -2.49. The number of alkyl carbamates (subject to hydrolysis) is 1. The number of nitrogens with one attached hydrogen (secondary N) is 5. The van der Waals surface area contributed by atoms with Gasteiger partial charge in [0, 0.05) is 10.8 Å². The van der Waals surface area contributed by atoms with Crippen LogP contribution in [0.25, 0.3) is 21.6 Å². The van der Waals surface area contributed by atoms with Gasteiger partial charge in [-0.2, -0.15) is 0 Å². The van der Waals surface area contributed by atoms with Crippen molar-refractivity contribution in [2.45, 2.75) is 115 Å². The van der Waals surface area contributed by atoms with Crippen LogP contribution >= 0.6 is 0 Å². The average Bonchev–Trinajstić information content (AvgIpc) is 2.88. The fraction of sp³-hybridized carbons (Fsp3) is 0.410. The van der Waals surface area contributed by atoms with E-state index in [0.29, 0.717) is 18.4 Å². The molecule has 6 amide bonds. The van der Waals surface area contributed by atoms with Gasteiger partial charge in [-0.3, -0.25) is 24.0 Å². The van der Waals surface area contributed by atoms with Crippen molar-refractivity contribution < 1.29 is 62.3 Å². The predicted molar refractivity (Wildman–Crippen MR) is 305 cm³/mol.